The van der Waals surface area contributed by atoms with Crippen molar-refractivity contribution in [3.8, 4) is 11.4 Å². The summed E-state index contributed by atoms with van der Waals surface area (Å²) >= 11 is 0. The standard InChI is InChI=1S/C24H20F3N5O2.C18H15F3N2O.C6H7N3O2/c1-13-12-29-20(21(28)30-13)22(33)31-14(2)18-11-15-7-6-10-17(24(25,26)27)19(15)23(34)32(18)16-8-4-3-5-9-16;1-11(22)15-10-12-6-5-9-14(18(19,20)21)16(12)17(24)23(15)13-7-3-2-4-8-13;1-3-2-8-4(6(10)11)5(7)9-3/h3-12,14H,1-2H3,(H2,28,30)(H,31,33);2-11H,22H2,1H3;2H,1H3,(H2,7,9)(H,10,11)/t14-;11-;/m00./s1. The lowest BCUT2D eigenvalue weighted by molar-refractivity contribution is -0.137. The minimum Gasteiger partial charge on any atom is -0.476 e. The fourth-order valence-electron chi connectivity index (χ4n) is 7.25. The van der Waals surface area contributed by atoms with Crippen LogP contribution in [0.2, 0.25) is 0 Å². The van der Waals surface area contributed by atoms with Gasteiger partial charge >= 0.3 is 18.3 Å². The number of fused-ring (bicyclic) bond motifs is 2. The predicted octanol–water partition coefficient (Wildman–Crippen LogP) is 8.28. The third-order valence-electron chi connectivity index (χ3n) is 10.3. The van der Waals surface area contributed by atoms with E-state index in [-0.39, 0.29) is 44.9 Å². The monoisotopic (exact) mass is 952 g/mol. The molecule has 356 valence electrons. The minimum atomic E-state index is -4.71. The van der Waals surface area contributed by atoms with Gasteiger partial charge in [0.1, 0.15) is 0 Å². The van der Waals surface area contributed by atoms with E-state index >= 15 is 0 Å². The first-order chi connectivity index (χ1) is 32.5. The van der Waals surface area contributed by atoms with Gasteiger partial charge < -0.3 is 27.6 Å². The first-order valence-corrected chi connectivity index (χ1v) is 20.6. The van der Waals surface area contributed by atoms with E-state index < -0.39 is 63.9 Å². The number of benzene rings is 4. The van der Waals surface area contributed by atoms with Crippen LogP contribution >= 0.6 is 0 Å². The van der Waals surface area contributed by atoms with Crippen LogP contribution in [0.3, 0.4) is 0 Å². The van der Waals surface area contributed by atoms with Gasteiger partial charge in [-0.05, 0) is 87.0 Å². The normalized spacial score (nSPS) is 12.3. The van der Waals surface area contributed by atoms with Crippen LogP contribution in [-0.4, -0.2) is 46.1 Å². The molecule has 0 aliphatic heterocycles. The quantitative estimate of drug-likeness (QED) is 0.0949. The van der Waals surface area contributed by atoms with Gasteiger partial charge in [-0.25, -0.2) is 24.7 Å². The lowest BCUT2D eigenvalue weighted by atomic mass is 10.0. The van der Waals surface area contributed by atoms with Gasteiger partial charge in [-0.2, -0.15) is 26.3 Å². The predicted molar refractivity (Wildman–Crippen MR) is 247 cm³/mol. The Morgan fingerprint density at radius 2 is 1.03 bits per heavy atom. The molecule has 0 aliphatic rings. The van der Waals surface area contributed by atoms with Crippen LogP contribution in [0.25, 0.3) is 32.9 Å². The van der Waals surface area contributed by atoms with E-state index in [9.17, 15) is 45.5 Å². The number of nitrogen functional groups attached to an aromatic ring is 2. The molecule has 0 saturated carbocycles. The molecule has 8 aromatic rings. The van der Waals surface area contributed by atoms with E-state index in [2.05, 4.69) is 25.3 Å². The van der Waals surface area contributed by atoms with Gasteiger partial charge in [0.2, 0.25) is 0 Å². The molecule has 0 saturated heterocycles. The first kappa shape index (κ1) is 50.0. The van der Waals surface area contributed by atoms with E-state index in [4.69, 9.17) is 22.3 Å². The van der Waals surface area contributed by atoms with Crippen LogP contribution < -0.4 is 33.6 Å². The SMILES string of the molecule is C[C@H](N)c1cc2cccc(C(F)(F)F)c2c(=O)n1-c1ccccc1.Cc1cnc(C(=O)N[C@@H](C)c2cc3cccc(C(F)(F)F)c3c(=O)n2-c2ccccc2)c(N)n1.Cc1cnc(C(=O)O)c(N)n1. The molecule has 8 rings (SSSR count). The Labute approximate surface area is 387 Å². The van der Waals surface area contributed by atoms with Crippen molar-refractivity contribution in [3.63, 3.8) is 0 Å². The molecule has 8 N–H and O–H groups in total. The van der Waals surface area contributed by atoms with Gasteiger partial charge in [-0.15, -0.1) is 0 Å². The Morgan fingerprint density at radius 3 is 1.42 bits per heavy atom. The summed E-state index contributed by atoms with van der Waals surface area (Å²) in [6.07, 6.45) is -6.57. The Morgan fingerprint density at radius 1 is 0.623 bits per heavy atom. The lowest BCUT2D eigenvalue weighted by Gasteiger charge is -2.22. The summed E-state index contributed by atoms with van der Waals surface area (Å²) in [5.74, 6) is -1.89. The van der Waals surface area contributed by atoms with E-state index in [1.54, 1.807) is 94.4 Å². The molecule has 4 aromatic heterocycles. The highest BCUT2D eigenvalue weighted by molar-refractivity contribution is 5.96. The number of hydrogen-bond donors (Lipinski definition) is 5. The highest BCUT2D eigenvalue weighted by Gasteiger charge is 2.35. The average Bonchev–Trinajstić information content (AvgIpc) is 3.28. The summed E-state index contributed by atoms with van der Waals surface area (Å²) in [4.78, 5) is 64.9. The number of aromatic carboxylic acids is 1. The maximum atomic E-state index is 13.7. The highest BCUT2D eigenvalue weighted by atomic mass is 19.4. The molecule has 69 heavy (non-hydrogen) atoms. The number of halogens is 6. The van der Waals surface area contributed by atoms with Gasteiger partial charge in [0, 0.05) is 41.2 Å². The smallest absolute Gasteiger partial charge is 0.417 e. The largest absolute Gasteiger partial charge is 0.476 e. The molecule has 0 unspecified atom stereocenters. The average molecular weight is 953 g/mol. The number of carbonyl (C=O) groups excluding carboxylic acids is 1. The molecular weight excluding hydrogens is 911 g/mol. The number of aromatic nitrogens is 6. The molecule has 0 fully saturated rings. The molecule has 21 heteroatoms. The maximum absolute atomic E-state index is 13.7. The van der Waals surface area contributed by atoms with Crippen molar-refractivity contribution < 1.29 is 41.0 Å². The van der Waals surface area contributed by atoms with Gasteiger partial charge in [-0.3, -0.25) is 23.5 Å². The number of aryl methyl sites for hydroxylation is 2. The fourth-order valence-corrected chi connectivity index (χ4v) is 7.25. The Hall–Kier alpha value is -8.46. The molecule has 15 nitrogen and oxygen atoms in total. The van der Waals surface area contributed by atoms with Crippen LogP contribution in [0.4, 0.5) is 38.0 Å². The van der Waals surface area contributed by atoms with Gasteiger partial charge in [0.05, 0.1) is 39.3 Å². The molecule has 4 aromatic carbocycles. The molecule has 2 atom stereocenters. The van der Waals surface area contributed by atoms with Crippen molar-refractivity contribution in [2.24, 2.45) is 5.73 Å². The topological polar surface area (TPSA) is 240 Å². The van der Waals surface area contributed by atoms with Crippen LogP contribution in [0.15, 0.2) is 131 Å². The van der Waals surface area contributed by atoms with Crippen molar-refractivity contribution in [2.45, 2.75) is 52.1 Å². The van der Waals surface area contributed by atoms with E-state index in [0.29, 0.717) is 28.5 Å². The lowest BCUT2D eigenvalue weighted by Crippen LogP contribution is -2.33. The number of rotatable bonds is 7. The molecule has 0 bridgehead atoms. The molecule has 0 aliphatic carbocycles. The highest BCUT2D eigenvalue weighted by Crippen LogP contribution is 2.36. The number of carbonyl (C=O) groups is 2. The van der Waals surface area contributed by atoms with E-state index in [1.807, 2.05) is 0 Å². The van der Waals surface area contributed by atoms with E-state index in [0.717, 1.165) is 12.1 Å². The van der Waals surface area contributed by atoms with Crippen LogP contribution in [0.1, 0.15) is 80.8 Å². The second-order valence-corrected chi connectivity index (χ2v) is 15.4. The molecule has 0 radical (unpaired) electrons. The number of carboxylic acids is 1. The zero-order valence-corrected chi connectivity index (χ0v) is 37.0. The van der Waals surface area contributed by atoms with Gasteiger partial charge in [0.15, 0.2) is 23.0 Å². The Balaban J connectivity index is 0.000000193. The third kappa shape index (κ3) is 11.1. The second kappa shape index (κ2) is 20.2. The van der Waals surface area contributed by atoms with Crippen LogP contribution in [0, 0.1) is 13.8 Å². The first-order valence-electron chi connectivity index (χ1n) is 20.6. The summed E-state index contributed by atoms with van der Waals surface area (Å²) in [5, 5.41) is 10.7. The number of hydrogen-bond acceptors (Lipinski definition) is 11. The van der Waals surface area contributed by atoms with E-state index in [1.165, 1.54) is 51.9 Å². The number of nitrogens with two attached hydrogens (primary N) is 3. The summed E-state index contributed by atoms with van der Waals surface area (Å²) in [5.41, 5.74) is 15.9. The van der Waals surface area contributed by atoms with Crippen molar-refractivity contribution in [3.05, 3.63) is 188 Å². The van der Waals surface area contributed by atoms with Crippen LogP contribution in [-0.2, 0) is 12.4 Å². The number of pyridine rings is 2. The van der Waals surface area contributed by atoms with Crippen molar-refractivity contribution in [1.82, 2.24) is 34.4 Å². The maximum Gasteiger partial charge on any atom is 0.417 e. The zero-order chi connectivity index (χ0) is 50.5. The summed E-state index contributed by atoms with van der Waals surface area (Å²) in [7, 11) is 0. The number of carboxylic acid groups (broad SMARTS) is 1. The number of amides is 1. The molecule has 0 spiro atoms. The number of para-hydroxylation sites is 2. The fraction of sp³-hybridized carbons (Fsp3) is 0.167. The minimum absolute atomic E-state index is 0.0440. The van der Waals surface area contributed by atoms with Crippen molar-refractivity contribution in [1.29, 1.82) is 0 Å². The molecule has 1 amide bonds. The second-order valence-electron chi connectivity index (χ2n) is 15.4. The number of nitrogens with zero attached hydrogens (tertiary/aromatic N) is 6. The van der Waals surface area contributed by atoms with Crippen LogP contribution in [0.5, 0.6) is 0 Å². The number of alkyl halides is 6. The molecule has 4 heterocycles. The third-order valence-corrected chi connectivity index (χ3v) is 10.3. The summed E-state index contributed by atoms with van der Waals surface area (Å²) in [6, 6.07) is 25.7. The van der Waals surface area contributed by atoms with Crippen molar-refractivity contribution in [2.75, 3.05) is 11.5 Å². The Bertz CT molecular complexity index is 3330. The summed E-state index contributed by atoms with van der Waals surface area (Å²) < 4.78 is 83.4. The number of nitrogens with one attached hydrogen (secondary N) is 1. The van der Waals surface area contributed by atoms with Gasteiger partial charge in [0.25, 0.3) is 17.0 Å². The zero-order valence-electron chi connectivity index (χ0n) is 37.0. The van der Waals surface area contributed by atoms with Gasteiger partial charge in [-0.1, -0.05) is 60.7 Å². The molecular formula is C48H42F6N10O5. The summed E-state index contributed by atoms with van der Waals surface area (Å²) in [6.45, 7) is 6.67. The number of anilines is 2. The Kier molecular flexibility index (Phi) is 14.6. The van der Waals surface area contributed by atoms with Crippen molar-refractivity contribution >= 4 is 45.1 Å².